The number of hydrogen-bond donors (Lipinski definition) is 1. The maximum Gasteiger partial charge on any atom is 0.341 e. The minimum Gasteiger partial charge on any atom is -0.481 e. The first kappa shape index (κ1) is 12.0. The number of rotatable bonds is 3. The van der Waals surface area contributed by atoms with Crippen LogP contribution < -0.4 is 4.74 Å². The lowest BCUT2D eigenvalue weighted by molar-refractivity contribution is -0.139. The van der Waals surface area contributed by atoms with E-state index in [9.17, 15) is 4.79 Å². The summed E-state index contributed by atoms with van der Waals surface area (Å²) in [5, 5.41) is 15.6. The van der Waals surface area contributed by atoms with E-state index in [4.69, 9.17) is 9.84 Å². The molecule has 0 bridgehead atoms. The van der Waals surface area contributed by atoms with Crippen molar-refractivity contribution in [1.82, 2.24) is 0 Å². The number of hydrogen-bond acceptors (Lipinski definition) is 2. The molecule has 3 heteroatoms. The van der Waals surface area contributed by atoms with Crippen LogP contribution >= 0.6 is 0 Å². The SMILES string of the molecule is O=C(O)COc1ccc2ccc3cccc4ccc1c2c34. The maximum absolute atomic E-state index is 10.7. The minimum atomic E-state index is -0.972. The van der Waals surface area contributed by atoms with Gasteiger partial charge >= 0.3 is 5.97 Å². The predicted molar refractivity (Wildman–Crippen MR) is 83.3 cm³/mol. The Morgan fingerprint density at radius 3 is 2.19 bits per heavy atom. The van der Waals surface area contributed by atoms with Crippen LogP contribution in [-0.4, -0.2) is 17.7 Å². The zero-order valence-electron chi connectivity index (χ0n) is 11.2. The van der Waals surface area contributed by atoms with Crippen molar-refractivity contribution in [1.29, 1.82) is 0 Å². The minimum absolute atomic E-state index is 0.329. The van der Waals surface area contributed by atoms with Crippen molar-refractivity contribution in [3.8, 4) is 5.75 Å². The van der Waals surface area contributed by atoms with Gasteiger partial charge in [-0.15, -0.1) is 0 Å². The molecular weight excluding hydrogens is 264 g/mol. The first-order valence-electron chi connectivity index (χ1n) is 6.75. The monoisotopic (exact) mass is 276 g/mol. The highest BCUT2D eigenvalue weighted by atomic mass is 16.5. The molecular formula is C18H12O3. The molecule has 0 aliphatic heterocycles. The Morgan fingerprint density at radius 2 is 1.48 bits per heavy atom. The lowest BCUT2D eigenvalue weighted by Gasteiger charge is -2.13. The summed E-state index contributed by atoms with van der Waals surface area (Å²) in [7, 11) is 0. The molecule has 21 heavy (non-hydrogen) atoms. The molecule has 0 atom stereocenters. The second-order valence-electron chi connectivity index (χ2n) is 5.10. The predicted octanol–water partition coefficient (Wildman–Crippen LogP) is 4.05. The van der Waals surface area contributed by atoms with E-state index in [2.05, 4.69) is 30.3 Å². The fourth-order valence-corrected chi connectivity index (χ4v) is 2.97. The van der Waals surface area contributed by atoms with Crippen molar-refractivity contribution in [3.05, 3.63) is 54.6 Å². The molecule has 0 saturated heterocycles. The topological polar surface area (TPSA) is 46.5 Å². The van der Waals surface area contributed by atoms with Gasteiger partial charge < -0.3 is 9.84 Å². The molecule has 4 aromatic carbocycles. The molecule has 0 radical (unpaired) electrons. The molecule has 102 valence electrons. The second-order valence-corrected chi connectivity index (χ2v) is 5.10. The second kappa shape index (κ2) is 4.35. The number of ether oxygens (including phenoxy) is 1. The van der Waals surface area contributed by atoms with Gasteiger partial charge in [0.15, 0.2) is 6.61 Å². The Labute approximate surface area is 120 Å². The van der Waals surface area contributed by atoms with Gasteiger partial charge in [0.2, 0.25) is 0 Å². The summed E-state index contributed by atoms with van der Waals surface area (Å²) < 4.78 is 5.42. The first-order chi connectivity index (χ1) is 10.2. The lowest BCUT2D eigenvalue weighted by Crippen LogP contribution is -2.09. The molecule has 1 N–H and O–H groups in total. The average molecular weight is 276 g/mol. The Kier molecular flexibility index (Phi) is 2.48. The summed E-state index contributed by atoms with van der Waals surface area (Å²) >= 11 is 0. The molecule has 0 spiro atoms. The highest BCUT2D eigenvalue weighted by Gasteiger charge is 2.11. The fraction of sp³-hybridized carbons (Fsp3) is 0.0556. The van der Waals surface area contributed by atoms with Gasteiger partial charge in [-0.2, -0.15) is 0 Å². The van der Waals surface area contributed by atoms with Gasteiger partial charge in [-0.1, -0.05) is 42.5 Å². The summed E-state index contributed by atoms with van der Waals surface area (Å²) in [6.07, 6.45) is 0. The molecule has 0 aliphatic carbocycles. The molecule has 0 amide bonds. The van der Waals surface area contributed by atoms with Crippen LogP contribution in [0.5, 0.6) is 5.75 Å². The van der Waals surface area contributed by atoms with Crippen molar-refractivity contribution in [2.75, 3.05) is 6.61 Å². The highest BCUT2D eigenvalue weighted by Crippen LogP contribution is 2.38. The highest BCUT2D eigenvalue weighted by molar-refractivity contribution is 6.24. The number of benzene rings is 4. The smallest absolute Gasteiger partial charge is 0.341 e. The largest absolute Gasteiger partial charge is 0.481 e. The van der Waals surface area contributed by atoms with Crippen LogP contribution in [0.15, 0.2) is 54.6 Å². The molecule has 0 heterocycles. The van der Waals surface area contributed by atoms with Gasteiger partial charge in [0.1, 0.15) is 5.75 Å². The summed E-state index contributed by atoms with van der Waals surface area (Å²) in [4.78, 5) is 10.7. The quantitative estimate of drug-likeness (QED) is 0.574. The molecule has 0 unspecified atom stereocenters. The van der Waals surface area contributed by atoms with Crippen LogP contribution in [0.4, 0.5) is 0 Å². The molecule has 0 aromatic heterocycles. The van der Waals surface area contributed by atoms with E-state index in [0.717, 1.165) is 16.2 Å². The molecule has 3 nitrogen and oxygen atoms in total. The standard InChI is InChI=1S/C18H12O3/c19-16(20)10-21-15-9-7-13-5-4-11-2-1-3-12-6-8-14(15)18(13)17(11)12/h1-9H,10H2,(H,19,20). The molecule has 4 rings (SSSR count). The lowest BCUT2D eigenvalue weighted by atomic mass is 9.94. The van der Waals surface area contributed by atoms with Crippen molar-refractivity contribution < 1.29 is 14.6 Å². The van der Waals surface area contributed by atoms with E-state index < -0.39 is 5.97 Å². The number of aliphatic carboxylic acids is 1. The fourth-order valence-electron chi connectivity index (χ4n) is 2.97. The van der Waals surface area contributed by atoms with Crippen LogP contribution in [0.25, 0.3) is 32.3 Å². The van der Waals surface area contributed by atoms with Crippen LogP contribution in [0.1, 0.15) is 0 Å². The van der Waals surface area contributed by atoms with Crippen LogP contribution in [0, 0.1) is 0 Å². The third-order valence-corrected chi connectivity index (χ3v) is 3.84. The summed E-state index contributed by atoms with van der Waals surface area (Å²) in [6.45, 7) is -0.329. The summed E-state index contributed by atoms with van der Waals surface area (Å²) in [5.74, 6) is -0.358. The van der Waals surface area contributed by atoms with Crippen molar-refractivity contribution in [2.45, 2.75) is 0 Å². The maximum atomic E-state index is 10.7. The average Bonchev–Trinajstić information content (AvgIpc) is 2.51. The normalized spacial score (nSPS) is 11.4. The zero-order valence-corrected chi connectivity index (χ0v) is 11.2. The van der Waals surface area contributed by atoms with Gasteiger partial charge in [0, 0.05) is 10.8 Å². The van der Waals surface area contributed by atoms with E-state index >= 15 is 0 Å². The van der Waals surface area contributed by atoms with E-state index in [-0.39, 0.29) is 6.61 Å². The van der Waals surface area contributed by atoms with E-state index in [1.165, 1.54) is 16.2 Å². The molecule has 0 aliphatic rings. The third-order valence-electron chi connectivity index (χ3n) is 3.84. The molecule has 4 aromatic rings. The van der Waals surface area contributed by atoms with Gasteiger partial charge in [-0.25, -0.2) is 4.79 Å². The Bertz CT molecular complexity index is 956. The van der Waals surface area contributed by atoms with E-state index in [1.807, 2.05) is 24.3 Å². The molecule has 0 saturated carbocycles. The number of carboxylic acid groups (broad SMARTS) is 1. The Balaban J connectivity index is 2.08. The summed E-state index contributed by atoms with van der Waals surface area (Å²) in [6, 6.07) is 18.3. The van der Waals surface area contributed by atoms with Crippen molar-refractivity contribution in [3.63, 3.8) is 0 Å². The Hall–Kier alpha value is -2.81. The van der Waals surface area contributed by atoms with Crippen LogP contribution in [0.3, 0.4) is 0 Å². The van der Waals surface area contributed by atoms with Gasteiger partial charge in [-0.05, 0) is 33.7 Å². The van der Waals surface area contributed by atoms with Gasteiger partial charge in [-0.3, -0.25) is 0 Å². The third kappa shape index (κ3) is 1.78. The van der Waals surface area contributed by atoms with E-state index in [0.29, 0.717) is 5.75 Å². The van der Waals surface area contributed by atoms with Crippen molar-refractivity contribution >= 4 is 38.3 Å². The summed E-state index contributed by atoms with van der Waals surface area (Å²) in [5.41, 5.74) is 0. The number of carbonyl (C=O) groups is 1. The van der Waals surface area contributed by atoms with Crippen LogP contribution in [0.2, 0.25) is 0 Å². The van der Waals surface area contributed by atoms with Crippen LogP contribution in [-0.2, 0) is 4.79 Å². The Morgan fingerprint density at radius 1 is 0.857 bits per heavy atom. The zero-order chi connectivity index (χ0) is 14.4. The first-order valence-corrected chi connectivity index (χ1v) is 6.75. The van der Waals surface area contributed by atoms with Gasteiger partial charge in [0.05, 0.1) is 0 Å². The van der Waals surface area contributed by atoms with Crippen molar-refractivity contribution in [2.24, 2.45) is 0 Å². The van der Waals surface area contributed by atoms with Gasteiger partial charge in [0.25, 0.3) is 0 Å². The molecule has 0 fully saturated rings. The number of carboxylic acids is 1. The van der Waals surface area contributed by atoms with E-state index in [1.54, 1.807) is 0 Å².